The van der Waals surface area contributed by atoms with Crippen molar-refractivity contribution in [3.8, 4) is 0 Å². The van der Waals surface area contributed by atoms with Crippen molar-refractivity contribution >= 4 is 54.6 Å². The molecule has 2 aromatic rings. The molecule has 0 spiro atoms. The third-order valence-corrected chi connectivity index (χ3v) is 7.94. The van der Waals surface area contributed by atoms with Crippen molar-refractivity contribution in [1.82, 2.24) is 9.21 Å². The summed E-state index contributed by atoms with van der Waals surface area (Å²) < 4.78 is 36.8. The number of rotatable bonds is 5. The van der Waals surface area contributed by atoms with Crippen LogP contribution in [-0.4, -0.2) is 49.7 Å². The van der Waals surface area contributed by atoms with Crippen molar-refractivity contribution in [2.75, 3.05) is 26.2 Å². The molecular formula is C19H19BrN4O3S2. The van der Waals surface area contributed by atoms with Gasteiger partial charge < -0.3 is 4.90 Å². The molecular weight excluding hydrogens is 476 g/mol. The maximum absolute atomic E-state index is 13.1. The van der Waals surface area contributed by atoms with Gasteiger partial charge in [-0.2, -0.15) is 13.0 Å². The molecule has 0 bridgehead atoms. The van der Waals surface area contributed by atoms with E-state index in [4.69, 9.17) is 0 Å². The Hall–Kier alpha value is -1.88. The quantitative estimate of drug-likeness (QED) is 0.542. The Kier molecular flexibility index (Phi) is 5.95. The minimum absolute atomic E-state index is 0.0489. The molecule has 2 heterocycles. The Balaban J connectivity index is 1.37. The number of carbonyl (C=O) groups is 1. The first-order valence-corrected chi connectivity index (χ1v) is 12.1. The largest absolute Gasteiger partial charge is 0.340 e. The minimum Gasteiger partial charge on any atom is -0.340 e. The number of hydrogen-bond acceptors (Lipinski definition) is 5. The van der Waals surface area contributed by atoms with E-state index in [9.17, 15) is 13.2 Å². The van der Waals surface area contributed by atoms with Gasteiger partial charge in [0.1, 0.15) is 16.3 Å². The summed E-state index contributed by atoms with van der Waals surface area (Å²) in [7, 11) is -3.67. The van der Waals surface area contributed by atoms with Crippen LogP contribution in [0.3, 0.4) is 0 Å². The van der Waals surface area contributed by atoms with E-state index < -0.39 is 10.0 Å². The van der Waals surface area contributed by atoms with Crippen LogP contribution in [0.4, 0.5) is 11.4 Å². The Labute approximate surface area is 181 Å². The molecule has 0 saturated carbocycles. The first-order valence-electron chi connectivity index (χ1n) is 9.19. The topological polar surface area (TPSA) is 82.4 Å². The zero-order valence-corrected chi connectivity index (χ0v) is 18.7. The maximum Gasteiger partial charge on any atom is 0.245 e. The molecule has 2 aliphatic heterocycles. The number of hydrogen-bond donors (Lipinski definition) is 0. The summed E-state index contributed by atoms with van der Waals surface area (Å²) in [5.74, 6) is 0.0489. The smallest absolute Gasteiger partial charge is 0.245 e. The number of carbonyl (C=O) groups excluding carboxylic acids is 1. The Morgan fingerprint density at radius 3 is 2.59 bits per heavy atom. The summed E-state index contributed by atoms with van der Waals surface area (Å²) >= 11 is 4.44. The zero-order chi connectivity index (χ0) is 20.4. The first kappa shape index (κ1) is 20.4. The van der Waals surface area contributed by atoms with E-state index in [2.05, 4.69) is 24.7 Å². The first-order chi connectivity index (χ1) is 13.9. The van der Waals surface area contributed by atoms with Gasteiger partial charge in [-0.1, -0.05) is 34.1 Å². The molecule has 0 aromatic heterocycles. The highest BCUT2D eigenvalue weighted by atomic mass is 79.9. The fourth-order valence-corrected chi connectivity index (χ4v) is 6.03. The SMILES string of the molecule is O=C(CCc1cccc(Br)c1)N1CCN(S(=O)(=O)c2cccc3c2N=S=N3)CC1. The van der Waals surface area contributed by atoms with E-state index in [0.717, 1.165) is 21.4 Å². The molecule has 10 heteroatoms. The molecule has 7 nitrogen and oxygen atoms in total. The number of nitrogens with zero attached hydrogens (tertiary/aromatic N) is 4. The van der Waals surface area contributed by atoms with Gasteiger partial charge >= 0.3 is 0 Å². The standard InChI is InChI=1S/C19H19BrN4O3S2/c20-15-4-1-3-14(13-15)7-8-18(25)23-9-11-24(12-10-23)29(26,27)17-6-2-5-16-19(17)22-28-21-16/h1-6,13H,7-12H2. The van der Waals surface area contributed by atoms with Gasteiger partial charge in [0, 0.05) is 37.1 Å². The van der Waals surface area contributed by atoms with Crippen LogP contribution < -0.4 is 0 Å². The lowest BCUT2D eigenvalue weighted by atomic mass is 10.1. The predicted octanol–water partition coefficient (Wildman–Crippen LogP) is 3.64. The molecule has 0 unspecified atom stereocenters. The van der Waals surface area contributed by atoms with E-state index in [1.807, 2.05) is 24.3 Å². The normalized spacial score (nSPS) is 16.5. The van der Waals surface area contributed by atoms with Crippen LogP contribution in [0.1, 0.15) is 12.0 Å². The van der Waals surface area contributed by atoms with E-state index in [0.29, 0.717) is 37.3 Å². The fraction of sp³-hybridized carbons (Fsp3) is 0.316. The van der Waals surface area contributed by atoms with Gasteiger partial charge in [-0.25, -0.2) is 8.42 Å². The lowest BCUT2D eigenvalue weighted by molar-refractivity contribution is -0.132. The van der Waals surface area contributed by atoms with E-state index in [1.54, 1.807) is 23.1 Å². The van der Waals surface area contributed by atoms with Crippen LogP contribution in [0.15, 0.2) is 60.6 Å². The summed E-state index contributed by atoms with van der Waals surface area (Å²) in [6.45, 7) is 1.33. The number of halogens is 1. The predicted molar refractivity (Wildman–Crippen MR) is 116 cm³/mol. The lowest BCUT2D eigenvalue weighted by Crippen LogP contribution is -2.50. The highest BCUT2D eigenvalue weighted by molar-refractivity contribution is 9.10. The molecule has 1 fully saturated rings. The van der Waals surface area contributed by atoms with Gasteiger partial charge in [-0.3, -0.25) is 4.79 Å². The number of benzene rings is 2. The third-order valence-electron chi connectivity index (χ3n) is 4.97. The molecule has 2 aromatic carbocycles. The van der Waals surface area contributed by atoms with E-state index in [1.165, 1.54) is 4.31 Å². The Bertz CT molecular complexity index is 1120. The average Bonchev–Trinajstić information content (AvgIpc) is 3.21. The third kappa shape index (κ3) is 4.35. The van der Waals surface area contributed by atoms with E-state index in [-0.39, 0.29) is 23.9 Å². The molecule has 1 amide bonds. The highest BCUT2D eigenvalue weighted by Gasteiger charge is 2.32. The van der Waals surface area contributed by atoms with Gasteiger partial charge in [0.15, 0.2) is 0 Å². The summed E-state index contributed by atoms with van der Waals surface area (Å²) in [5.41, 5.74) is 2.08. The Morgan fingerprint density at radius 1 is 1.07 bits per heavy atom. The summed E-state index contributed by atoms with van der Waals surface area (Å²) in [6, 6.07) is 12.9. The van der Waals surface area contributed by atoms with Crippen LogP contribution in [0.5, 0.6) is 0 Å². The zero-order valence-electron chi connectivity index (χ0n) is 15.5. The minimum atomic E-state index is -3.67. The molecule has 4 rings (SSSR count). The van der Waals surface area contributed by atoms with Gasteiger partial charge in [0.2, 0.25) is 15.9 Å². The summed E-state index contributed by atoms with van der Waals surface area (Å²) in [5, 5.41) is 0. The number of amides is 1. The average molecular weight is 495 g/mol. The van der Waals surface area contributed by atoms with Crippen molar-refractivity contribution < 1.29 is 13.2 Å². The molecule has 0 N–H and O–H groups in total. The number of fused-ring (bicyclic) bond motifs is 1. The highest BCUT2D eigenvalue weighted by Crippen LogP contribution is 2.38. The van der Waals surface area contributed by atoms with Gasteiger partial charge in [0.05, 0.1) is 11.4 Å². The van der Waals surface area contributed by atoms with Crippen LogP contribution in [0.2, 0.25) is 0 Å². The monoisotopic (exact) mass is 494 g/mol. The van der Waals surface area contributed by atoms with Crippen molar-refractivity contribution in [1.29, 1.82) is 0 Å². The maximum atomic E-state index is 13.1. The van der Waals surface area contributed by atoms with Crippen molar-refractivity contribution in [2.24, 2.45) is 8.73 Å². The summed E-state index contributed by atoms with van der Waals surface area (Å²) in [6.07, 6.45) is 1.07. The van der Waals surface area contributed by atoms with Gasteiger partial charge in [-0.15, -0.1) is 0 Å². The van der Waals surface area contributed by atoms with Crippen LogP contribution in [-0.2, 0) is 32.6 Å². The molecule has 152 valence electrons. The van der Waals surface area contributed by atoms with Gasteiger partial charge in [-0.05, 0) is 36.2 Å². The number of sulfonamides is 1. The molecule has 1 saturated heterocycles. The summed E-state index contributed by atoms with van der Waals surface area (Å²) in [4.78, 5) is 14.5. The number of aryl methyl sites for hydroxylation is 1. The van der Waals surface area contributed by atoms with Crippen LogP contribution in [0, 0.1) is 0 Å². The second kappa shape index (κ2) is 8.47. The molecule has 0 radical (unpaired) electrons. The van der Waals surface area contributed by atoms with Crippen molar-refractivity contribution in [3.63, 3.8) is 0 Å². The molecule has 0 atom stereocenters. The van der Waals surface area contributed by atoms with Crippen LogP contribution >= 0.6 is 15.9 Å². The second-order valence-electron chi connectivity index (χ2n) is 6.80. The van der Waals surface area contributed by atoms with E-state index >= 15 is 0 Å². The molecule has 0 aliphatic carbocycles. The number of piperazine rings is 1. The lowest BCUT2D eigenvalue weighted by Gasteiger charge is -2.34. The van der Waals surface area contributed by atoms with Gasteiger partial charge in [0.25, 0.3) is 0 Å². The van der Waals surface area contributed by atoms with Crippen molar-refractivity contribution in [2.45, 2.75) is 17.7 Å². The molecule has 2 aliphatic rings. The van der Waals surface area contributed by atoms with Crippen molar-refractivity contribution in [3.05, 3.63) is 52.5 Å². The Morgan fingerprint density at radius 2 is 1.83 bits per heavy atom. The van der Waals surface area contributed by atoms with Crippen LogP contribution in [0.25, 0.3) is 0 Å². The second-order valence-corrected chi connectivity index (χ2v) is 10.2. The molecule has 29 heavy (non-hydrogen) atoms. The fourth-order valence-electron chi connectivity index (χ4n) is 3.41.